The number of rotatable bonds is 3. The Morgan fingerprint density at radius 3 is 2.63 bits per heavy atom. The smallest absolute Gasteiger partial charge is 0.416 e. The molecule has 27 heavy (non-hydrogen) atoms. The van der Waals surface area contributed by atoms with Gasteiger partial charge in [0, 0.05) is 24.9 Å². The molecule has 1 saturated heterocycles. The summed E-state index contributed by atoms with van der Waals surface area (Å²) < 4.78 is 43.5. The van der Waals surface area contributed by atoms with Crippen molar-refractivity contribution in [1.29, 1.82) is 0 Å². The van der Waals surface area contributed by atoms with Gasteiger partial charge in [0.15, 0.2) is 0 Å². The Morgan fingerprint density at radius 1 is 1.33 bits per heavy atom. The Balaban J connectivity index is 0.000000596. The van der Waals surface area contributed by atoms with Crippen LogP contribution in [0.25, 0.3) is 0 Å². The Hall–Kier alpha value is -2.55. The van der Waals surface area contributed by atoms with Crippen molar-refractivity contribution >= 4 is 5.97 Å². The largest absolute Gasteiger partial charge is 0.481 e. The van der Waals surface area contributed by atoms with Gasteiger partial charge in [-0.25, -0.2) is 0 Å². The summed E-state index contributed by atoms with van der Waals surface area (Å²) in [6.45, 7) is 1.82. The molecule has 0 saturated carbocycles. The molecule has 0 radical (unpaired) electrons. The van der Waals surface area contributed by atoms with Gasteiger partial charge in [-0.3, -0.25) is 9.59 Å². The van der Waals surface area contributed by atoms with E-state index in [9.17, 15) is 18.0 Å². The maximum absolute atomic E-state index is 12.8. The summed E-state index contributed by atoms with van der Waals surface area (Å²) in [4.78, 5) is 20.2. The minimum absolute atomic E-state index is 0.0532. The van der Waals surface area contributed by atoms with Crippen molar-refractivity contribution in [3.8, 4) is 0 Å². The standard InChI is InChI=1S/C16H17F3N2O2.C2H4O2/c17-16(18,19)12-3-1-2-10(6-12)7-13-8-11(4-5-20-13)14-9-15(22)21-23-14;1-2(3)4/h1-3,6,9,11,13,20H,4-5,7-8H2,(H,21,22);1H3,(H,3,4)/t11-,13+;/m1./s1. The number of hydrogen-bond donors (Lipinski definition) is 3. The number of carboxylic acids is 1. The van der Waals surface area contributed by atoms with Gasteiger partial charge in [0.1, 0.15) is 5.76 Å². The van der Waals surface area contributed by atoms with Gasteiger partial charge in [0.25, 0.3) is 11.5 Å². The van der Waals surface area contributed by atoms with Gasteiger partial charge in [-0.1, -0.05) is 18.2 Å². The van der Waals surface area contributed by atoms with Crippen LogP contribution in [0.3, 0.4) is 0 Å². The number of alkyl halides is 3. The van der Waals surface area contributed by atoms with Gasteiger partial charge in [-0.2, -0.15) is 18.3 Å². The number of halogens is 3. The molecule has 0 aliphatic carbocycles. The molecule has 2 atom stereocenters. The lowest BCUT2D eigenvalue weighted by molar-refractivity contribution is -0.137. The number of carbonyl (C=O) groups is 1. The van der Waals surface area contributed by atoms with Crippen LogP contribution in [0.1, 0.15) is 42.6 Å². The van der Waals surface area contributed by atoms with Crippen LogP contribution in [0.4, 0.5) is 13.2 Å². The highest BCUT2D eigenvalue weighted by atomic mass is 19.4. The van der Waals surface area contributed by atoms with Crippen molar-refractivity contribution in [3.05, 3.63) is 57.6 Å². The number of carboxylic acid groups (broad SMARTS) is 1. The molecule has 1 aliphatic rings. The van der Waals surface area contributed by atoms with E-state index < -0.39 is 17.7 Å². The van der Waals surface area contributed by atoms with Gasteiger partial charge in [0.05, 0.1) is 5.56 Å². The van der Waals surface area contributed by atoms with Crippen LogP contribution in [0.15, 0.2) is 39.6 Å². The van der Waals surface area contributed by atoms with Crippen molar-refractivity contribution in [2.75, 3.05) is 6.54 Å². The van der Waals surface area contributed by atoms with Gasteiger partial charge >= 0.3 is 6.18 Å². The summed E-state index contributed by atoms with van der Waals surface area (Å²) in [5.74, 6) is -0.114. The monoisotopic (exact) mass is 386 g/mol. The molecular weight excluding hydrogens is 365 g/mol. The summed E-state index contributed by atoms with van der Waals surface area (Å²) in [5.41, 5.74) is -0.250. The molecule has 1 aromatic carbocycles. The number of aromatic nitrogens is 1. The third kappa shape index (κ3) is 6.59. The van der Waals surface area contributed by atoms with Crippen molar-refractivity contribution in [2.24, 2.45) is 0 Å². The molecule has 9 heteroatoms. The zero-order valence-corrected chi connectivity index (χ0v) is 14.7. The number of hydrogen-bond acceptors (Lipinski definition) is 4. The molecule has 0 bridgehead atoms. The van der Waals surface area contributed by atoms with E-state index in [0.717, 1.165) is 32.4 Å². The molecule has 1 fully saturated rings. The molecule has 0 amide bonds. The van der Waals surface area contributed by atoms with Crippen LogP contribution in [-0.4, -0.2) is 28.8 Å². The minimum atomic E-state index is -4.33. The predicted molar refractivity (Wildman–Crippen MR) is 91.6 cm³/mol. The van der Waals surface area contributed by atoms with Crippen molar-refractivity contribution < 1.29 is 27.6 Å². The fourth-order valence-electron chi connectivity index (χ4n) is 3.08. The average molecular weight is 386 g/mol. The van der Waals surface area contributed by atoms with Gasteiger partial charge in [0.2, 0.25) is 0 Å². The predicted octanol–water partition coefficient (Wildman–Crippen LogP) is 3.16. The summed E-state index contributed by atoms with van der Waals surface area (Å²) in [7, 11) is 0. The molecule has 1 aromatic heterocycles. The molecule has 2 heterocycles. The Kier molecular flexibility index (Phi) is 6.84. The third-order valence-corrected chi connectivity index (χ3v) is 4.18. The van der Waals surface area contributed by atoms with Crippen molar-refractivity contribution in [2.45, 2.75) is 44.3 Å². The van der Waals surface area contributed by atoms with Crippen LogP contribution in [0, 0.1) is 0 Å². The molecule has 0 spiro atoms. The highest BCUT2D eigenvalue weighted by Crippen LogP contribution is 2.31. The number of piperidine rings is 1. The third-order valence-electron chi connectivity index (χ3n) is 4.18. The van der Waals surface area contributed by atoms with Gasteiger partial charge in [-0.15, -0.1) is 0 Å². The van der Waals surface area contributed by atoms with E-state index in [-0.39, 0.29) is 17.5 Å². The van der Waals surface area contributed by atoms with Crippen molar-refractivity contribution in [1.82, 2.24) is 10.5 Å². The zero-order chi connectivity index (χ0) is 20.0. The van der Waals surface area contributed by atoms with Gasteiger partial charge in [-0.05, 0) is 37.4 Å². The number of aromatic amines is 1. The maximum Gasteiger partial charge on any atom is 0.416 e. The van der Waals surface area contributed by atoms with Crippen molar-refractivity contribution in [3.63, 3.8) is 0 Å². The molecule has 3 N–H and O–H groups in total. The fourth-order valence-corrected chi connectivity index (χ4v) is 3.08. The molecule has 1 aliphatic heterocycles. The maximum atomic E-state index is 12.8. The first-order valence-electron chi connectivity index (χ1n) is 8.42. The van der Waals surface area contributed by atoms with E-state index in [1.807, 2.05) is 0 Å². The fraction of sp³-hybridized carbons (Fsp3) is 0.444. The molecule has 2 aromatic rings. The SMILES string of the molecule is CC(=O)O.O=c1cc([C@@H]2CCN[C@@H](Cc3cccc(C(F)(F)F)c3)C2)o[nH]1. The Bertz CT molecular complexity index is 809. The summed E-state index contributed by atoms with van der Waals surface area (Å²) in [5, 5.41) is 13.0. The van der Waals surface area contributed by atoms with E-state index in [1.54, 1.807) is 6.07 Å². The quantitative estimate of drug-likeness (QED) is 0.753. The van der Waals surface area contributed by atoms with Crippen LogP contribution < -0.4 is 10.9 Å². The van der Waals surface area contributed by atoms with Crippen LogP contribution in [0.5, 0.6) is 0 Å². The summed E-state index contributed by atoms with van der Waals surface area (Å²) >= 11 is 0. The van der Waals surface area contributed by atoms with E-state index in [4.69, 9.17) is 14.4 Å². The first kappa shape index (κ1) is 20.8. The summed E-state index contributed by atoms with van der Waals surface area (Å²) in [6.07, 6.45) is -2.26. The second-order valence-electron chi connectivity index (χ2n) is 6.41. The highest BCUT2D eigenvalue weighted by Gasteiger charge is 2.31. The lowest BCUT2D eigenvalue weighted by atomic mass is 9.87. The molecule has 148 valence electrons. The Labute approximate surface area is 153 Å². The highest BCUT2D eigenvalue weighted by molar-refractivity contribution is 5.62. The number of H-pyrrole nitrogens is 1. The van der Waals surface area contributed by atoms with E-state index in [1.165, 1.54) is 18.2 Å². The molecule has 0 unspecified atom stereocenters. The van der Waals surface area contributed by atoms with Gasteiger partial charge < -0.3 is 14.9 Å². The topological polar surface area (TPSA) is 95.3 Å². The first-order chi connectivity index (χ1) is 12.6. The Morgan fingerprint density at radius 2 is 2.04 bits per heavy atom. The van der Waals surface area contributed by atoms with E-state index in [0.29, 0.717) is 17.7 Å². The second kappa shape index (κ2) is 8.90. The number of nitrogens with one attached hydrogen (secondary N) is 2. The minimum Gasteiger partial charge on any atom is -0.481 e. The van der Waals surface area contributed by atoms with Crippen LogP contribution in [0.2, 0.25) is 0 Å². The zero-order valence-electron chi connectivity index (χ0n) is 14.7. The number of aliphatic carboxylic acids is 1. The first-order valence-corrected chi connectivity index (χ1v) is 8.42. The lowest BCUT2D eigenvalue weighted by Crippen LogP contribution is -2.38. The molecule has 6 nitrogen and oxygen atoms in total. The second-order valence-corrected chi connectivity index (χ2v) is 6.41. The number of benzene rings is 1. The lowest BCUT2D eigenvalue weighted by Gasteiger charge is -2.29. The van der Waals surface area contributed by atoms with Crippen LogP contribution >= 0.6 is 0 Å². The molecular formula is C18H21F3N2O4. The van der Waals surface area contributed by atoms with E-state index in [2.05, 4.69) is 10.5 Å². The average Bonchev–Trinajstić information content (AvgIpc) is 3.01. The summed E-state index contributed by atoms with van der Waals surface area (Å²) in [6, 6.07) is 6.91. The molecule has 3 rings (SSSR count). The van der Waals surface area contributed by atoms with E-state index >= 15 is 0 Å². The normalized spacial score (nSPS) is 19.9. The van der Waals surface area contributed by atoms with Crippen LogP contribution in [-0.2, 0) is 17.4 Å².